The van der Waals surface area contributed by atoms with Crippen molar-refractivity contribution in [2.24, 2.45) is 5.73 Å². The molecule has 0 spiro atoms. The largest absolute Gasteiger partial charge is 0.327 e. The predicted molar refractivity (Wildman–Crippen MR) is 67.6 cm³/mol. The van der Waals surface area contributed by atoms with Gasteiger partial charge in [-0.1, -0.05) is 6.07 Å². The molecule has 1 aromatic carbocycles. The number of hydrogen-bond donors (Lipinski definition) is 1. The van der Waals surface area contributed by atoms with Crippen molar-refractivity contribution >= 4 is 11.6 Å². The van der Waals surface area contributed by atoms with Crippen LogP contribution >= 0.6 is 0 Å². The molecular formula is C13H20N2O. The maximum Gasteiger partial charge on any atom is 0.228 e. The third kappa shape index (κ3) is 3.35. The Morgan fingerprint density at radius 3 is 2.25 bits per heavy atom. The molecule has 1 unspecified atom stereocenters. The summed E-state index contributed by atoms with van der Waals surface area (Å²) in [5, 5.41) is 0. The monoisotopic (exact) mass is 220 g/mol. The number of hydrogen-bond acceptors (Lipinski definition) is 2. The van der Waals surface area contributed by atoms with Crippen LogP contribution in [0.2, 0.25) is 0 Å². The van der Waals surface area contributed by atoms with Crippen LogP contribution in [0.4, 0.5) is 5.69 Å². The Balaban J connectivity index is 2.87. The first-order valence-electron chi connectivity index (χ1n) is 5.50. The fourth-order valence-corrected chi connectivity index (χ4v) is 1.70. The summed E-state index contributed by atoms with van der Waals surface area (Å²) in [4.78, 5) is 13.5. The van der Waals surface area contributed by atoms with E-state index >= 15 is 0 Å². The van der Waals surface area contributed by atoms with Gasteiger partial charge in [-0.05, 0) is 44.0 Å². The molecule has 1 rings (SSSR count). The van der Waals surface area contributed by atoms with E-state index in [2.05, 4.69) is 6.07 Å². The zero-order chi connectivity index (χ0) is 12.3. The Morgan fingerprint density at radius 2 is 1.81 bits per heavy atom. The first kappa shape index (κ1) is 12.7. The highest BCUT2D eigenvalue weighted by atomic mass is 16.2. The fourth-order valence-electron chi connectivity index (χ4n) is 1.70. The van der Waals surface area contributed by atoms with Gasteiger partial charge in [0.2, 0.25) is 5.91 Å². The van der Waals surface area contributed by atoms with Crippen LogP contribution in [0.15, 0.2) is 18.2 Å². The third-order valence-electron chi connectivity index (χ3n) is 2.46. The number of benzene rings is 1. The average Bonchev–Trinajstić information content (AvgIpc) is 2.13. The molecule has 2 N–H and O–H groups in total. The minimum Gasteiger partial charge on any atom is -0.327 e. The zero-order valence-electron chi connectivity index (χ0n) is 10.4. The van der Waals surface area contributed by atoms with Gasteiger partial charge >= 0.3 is 0 Å². The quantitative estimate of drug-likeness (QED) is 0.847. The van der Waals surface area contributed by atoms with Crippen LogP contribution in [0.25, 0.3) is 0 Å². The molecule has 0 saturated heterocycles. The Labute approximate surface area is 97.2 Å². The molecule has 0 fully saturated rings. The van der Waals surface area contributed by atoms with Crippen LogP contribution in [0, 0.1) is 13.8 Å². The Hall–Kier alpha value is -1.35. The standard InChI is InChI=1S/C13H20N2O/c1-9-5-10(2)7-12(6-9)15(4)13(16)8-11(3)14/h5-7,11H,8,14H2,1-4H3. The number of amides is 1. The third-order valence-corrected chi connectivity index (χ3v) is 2.46. The molecule has 0 aromatic heterocycles. The molecule has 16 heavy (non-hydrogen) atoms. The molecule has 0 bridgehead atoms. The van der Waals surface area contributed by atoms with E-state index in [4.69, 9.17) is 5.73 Å². The smallest absolute Gasteiger partial charge is 0.228 e. The minimum absolute atomic E-state index is 0.0556. The number of rotatable bonds is 3. The van der Waals surface area contributed by atoms with Gasteiger partial charge in [-0.25, -0.2) is 0 Å². The highest BCUT2D eigenvalue weighted by Gasteiger charge is 2.12. The summed E-state index contributed by atoms with van der Waals surface area (Å²) in [5.74, 6) is 0.0556. The van der Waals surface area contributed by atoms with Gasteiger partial charge in [0.1, 0.15) is 0 Å². The number of nitrogens with zero attached hydrogens (tertiary/aromatic N) is 1. The number of carbonyl (C=O) groups excluding carboxylic acids is 1. The van der Waals surface area contributed by atoms with Crippen molar-refractivity contribution in [3.63, 3.8) is 0 Å². The Morgan fingerprint density at radius 1 is 1.31 bits per heavy atom. The summed E-state index contributed by atoms with van der Waals surface area (Å²) in [6.45, 7) is 5.90. The highest BCUT2D eigenvalue weighted by Crippen LogP contribution is 2.18. The molecule has 0 radical (unpaired) electrons. The van der Waals surface area contributed by atoms with Crippen molar-refractivity contribution in [3.05, 3.63) is 29.3 Å². The molecule has 0 aliphatic carbocycles. The molecule has 0 saturated carbocycles. The minimum atomic E-state index is -0.0964. The molecular weight excluding hydrogens is 200 g/mol. The molecule has 1 aromatic rings. The predicted octanol–water partition coefficient (Wildman–Crippen LogP) is 2.00. The van der Waals surface area contributed by atoms with Gasteiger partial charge in [0.15, 0.2) is 0 Å². The first-order valence-corrected chi connectivity index (χ1v) is 5.50. The van der Waals surface area contributed by atoms with Crippen LogP contribution in [0.1, 0.15) is 24.5 Å². The number of anilines is 1. The highest BCUT2D eigenvalue weighted by molar-refractivity contribution is 5.93. The van der Waals surface area contributed by atoms with Crippen molar-refractivity contribution in [2.45, 2.75) is 33.2 Å². The van der Waals surface area contributed by atoms with Crippen LogP contribution in [-0.4, -0.2) is 19.0 Å². The van der Waals surface area contributed by atoms with E-state index in [1.807, 2.05) is 32.9 Å². The summed E-state index contributed by atoms with van der Waals surface area (Å²) in [6.07, 6.45) is 0.378. The van der Waals surface area contributed by atoms with Gasteiger partial charge in [0.25, 0.3) is 0 Å². The van der Waals surface area contributed by atoms with E-state index in [0.29, 0.717) is 6.42 Å². The van der Waals surface area contributed by atoms with Crippen LogP contribution < -0.4 is 10.6 Å². The normalized spacial score (nSPS) is 12.3. The second-order valence-corrected chi connectivity index (χ2v) is 4.48. The molecule has 3 nitrogen and oxygen atoms in total. The lowest BCUT2D eigenvalue weighted by Gasteiger charge is -2.19. The van der Waals surface area contributed by atoms with Gasteiger partial charge in [-0.2, -0.15) is 0 Å². The summed E-state index contributed by atoms with van der Waals surface area (Å²) in [7, 11) is 1.79. The number of nitrogens with two attached hydrogens (primary N) is 1. The van der Waals surface area contributed by atoms with Crippen molar-refractivity contribution in [3.8, 4) is 0 Å². The molecule has 88 valence electrons. The van der Waals surface area contributed by atoms with E-state index in [1.54, 1.807) is 11.9 Å². The second-order valence-electron chi connectivity index (χ2n) is 4.48. The summed E-state index contributed by atoms with van der Waals surface area (Å²) >= 11 is 0. The number of carbonyl (C=O) groups is 1. The number of aryl methyl sites for hydroxylation is 2. The lowest BCUT2D eigenvalue weighted by molar-refractivity contribution is -0.118. The van der Waals surface area contributed by atoms with E-state index in [-0.39, 0.29) is 11.9 Å². The van der Waals surface area contributed by atoms with Crippen LogP contribution in [-0.2, 0) is 4.79 Å². The van der Waals surface area contributed by atoms with Crippen LogP contribution in [0.3, 0.4) is 0 Å². The van der Waals surface area contributed by atoms with Gasteiger partial charge in [0, 0.05) is 25.2 Å². The summed E-state index contributed by atoms with van der Waals surface area (Å²) in [6, 6.07) is 6.01. The fraction of sp³-hybridized carbons (Fsp3) is 0.462. The van der Waals surface area contributed by atoms with E-state index in [1.165, 1.54) is 0 Å². The van der Waals surface area contributed by atoms with Crippen molar-refractivity contribution in [1.29, 1.82) is 0 Å². The van der Waals surface area contributed by atoms with E-state index < -0.39 is 0 Å². The Bertz CT molecular complexity index is 365. The topological polar surface area (TPSA) is 46.3 Å². The summed E-state index contributed by atoms with van der Waals surface area (Å²) < 4.78 is 0. The van der Waals surface area contributed by atoms with Crippen LogP contribution in [0.5, 0.6) is 0 Å². The molecule has 3 heteroatoms. The SMILES string of the molecule is Cc1cc(C)cc(N(C)C(=O)CC(C)N)c1. The molecule has 0 heterocycles. The molecule has 1 atom stereocenters. The maximum absolute atomic E-state index is 11.8. The second kappa shape index (κ2) is 5.12. The molecule has 1 amide bonds. The van der Waals surface area contributed by atoms with Gasteiger partial charge in [0.05, 0.1) is 0 Å². The summed E-state index contributed by atoms with van der Waals surface area (Å²) in [5.41, 5.74) is 8.88. The lowest BCUT2D eigenvalue weighted by atomic mass is 10.1. The van der Waals surface area contributed by atoms with Gasteiger partial charge < -0.3 is 10.6 Å². The van der Waals surface area contributed by atoms with Gasteiger partial charge in [-0.3, -0.25) is 4.79 Å². The average molecular weight is 220 g/mol. The Kier molecular flexibility index (Phi) is 4.07. The maximum atomic E-state index is 11.8. The van der Waals surface area contributed by atoms with Crippen molar-refractivity contribution < 1.29 is 4.79 Å². The van der Waals surface area contributed by atoms with E-state index in [9.17, 15) is 4.79 Å². The lowest BCUT2D eigenvalue weighted by Crippen LogP contribution is -2.31. The zero-order valence-corrected chi connectivity index (χ0v) is 10.4. The molecule has 0 aliphatic heterocycles. The first-order chi connectivity index (χ1) is 7.40. The van der Waals surface area contributed by atoms with Crippen molar-refractivity contribution in [1.82, 2.24) is 0 Å². The molecule has 0 aliphatic rings. The van der Waals surface area contributed by atoms with Gasteiger partial charge in [-0.15, -0.1) is 0 Å². The van der Waals surface area contributed by atoms with E-state index in [0.717, 1.165) is 16.8 Å². The van der Waals surface area contributed by atoms with Crippen molar-refractivity contribution in [2.75, 3.05) is 11.9 Å².